The highest BCUT2D eigenvalue weighted by Gasteiger charge is 2.25. The number of guanidine groups is 1. The highest BCUT2D eigenvalue weighted by atomic mass is 127. The first-order valence-corrected chi connectivity index (χ1v) is 11.0. The molecule has 29 heavy (non-hydrogen) atoms. The van der Waals surface area contributed by atoms with E-state index < -0.39 is 0 Å². The second kappa shape index (κ2) is 11.9. The molecule has 1 aromatic carbocycles. The molecule has 160 valence electrons. The van der Waals surface area contributed by atoms with E-state index in [1.165, 1.54) is 21.7 Å². The highest BCUT2D eigenvalue weighted by Crippen LogP contribution is 2.25. The van der Waals surface area contributed by atoms with Crippen LogP contribution in [0.4, 0.5) is 0 Å². The van der Waals surface area contributed by atoms with Crippen LogP contribution in [0.15, 0.2) is 28.6 Å². The summed E-state index contributed by atoms with van der Waals surface area (Å²) in [5.41, 5.74) is 5.00. The van der Waals surface area contributed by atoms with Gasteiger partial charge in [-0.05, 0) is 51.2 Å². The topological polar surface area (TPSA) is 49.8 Å². The zero-order valence-electron chi connectivity index (χ0n) is 17.9. The molecule has 5 nitrogen and oxygen atoms in total. The largest absolute Gasteiger partial charge is 0.370 e. The molecule has 0 saturated carbocycles. The van der Waals surface area contributed by atoms with Gasteiger partial charge in [-0.25, -0.2) is 4.98 Å². The first kappa shape index (κ1) is 24.1. The van der Waals surface area contributed by atoms with Gasteiger partial charge in [-0.15, -0.1) is 35.3 Å². The van der Waals surface area contributed by atoms with E-state index in [4.69, 9.17) is 4.74 Å². The van der Waals surface area contributed by atoms with Crippen molar-refractivity contribution in [2.24, 2.45) is 4.99 Å². The molecule has 1 aliphatic rings. The summed E-state index contributed by atoms with van der Waals surface area (Å²) in [7, 11) is 1.86. The van der Waals surface area contributed by atoms with Crippen molar-refractivity contribution >= 4 is 41.3 Å². The highest BCUT2D eigenvalue weighted by molar-refractivity contribution is 14.0. The number of hydrogen-bond acceptors (Lipinski definition) is 4. The van der Waals surface area contributed by atoms with Gasteiger partial charge in [-0.2, -0.15) is 0 Å². The van der Waals surface area contributed by atoms with E-state index in [1.807, 2.05) is 7.05 Å². The molecule has 1 atom stereocenters. The summed E-state index contributed by atoms with van der Waals surface area (Å²) < 4.78 is 6.07. The van der Waals surface area contributed by atoms with Crippen LogP contribution in [0.1, 0.15) is 46.3 Å². The van der Waals surface area contributed by atoms with Crippen molar-refractivity contribution in [3.8, 4) is 0 Å². The SMILES string of the molecule is CN=C(NCCCCc1nc(C)cs1)N1CCOC(c2ccc(C)cc2C)C1.I. The van der Waals surface area contributed by atoms with Gasteiger partial charge in [-0.3, -0.25) is 4.99 Å². The first-order chi connectivity index (χ1) is 13.6. The van der Waals surface area contributed by atoms with Crippen molar-refractivity contribution < 1.29 is 4.74 Å². The molecule has 2 aromatic rings. The molecule has 2 heterocycles. The number of benzene rings is 1. The van der Waals surface area contributed by atoms with Gasteiger partial charge in [0, 0.05) is 31.2 Å². The Morgan fingerprint density at radius 3 is 2.83 bits per heavy atom. The molecular formula is C22H33IN4OS. The monoisotopic (exact) mass is 528 g/mol. The Balaban J connectivity index is 0.00000300. The number of nitrogens with one attached hydrogen (secondary N) is 1. The Hall–Kier alpha value is -1.19. The van der Waals surface area contributed by atoms with Crippen LogP contribution >= 0.6 is 35.3 Å². The minimum Gasteiger partial charge on any atom is -0.370 e. The van der Waals surface area contributed by atoms with E-state index in [2.05, 4.69) is 64.5 Å². The minimum absolute atomic E-state index is 0. The lowest BCUT2D eigenvalue weighted by atomic mass is 10.00. The van der Waals surface area contributed by atoms with Crippen molar-refractivity contribution in [1.82, 2.24) is 15.2 Å². The molecule has 1 N–H and O–H groups in total. The summed E-state index contributed by atoms with van der Waals surface area (Å²) in [5, 5.41) is 6.90. The lowest BCUT2D eigenvalue weighted by Gasteiger charge is -2.35. The van der Waals surface area contributed by atoms with Crippen molar-refractivity contribution in [1.29, 1.82) is 0 Å². The number of halogens is 1. The summed E-state index contributed by atoms with van der Waals surface area (Å²) >= 11 is 1.76. The number of aromatic nitrogens is 1. The smallest absolute Gasteiger partial charge is 0.193 e. The van der Waals surface area contributed by atoms with Gasteiger partial charge in [0.25, 0.3) is 0 Å². The third kappa shape index (κ3) is 6.93. The van der Waals surface area contributed by atoms with Gasteiger partial charge in [-0.1, -0.05) is 23.8 Å². The molecule has 0 bridgehead atoms. The average molecular weight is 529 g/mol. The molecular weight excluding hydrogens is 495 g/mol. The zero-order valence-corrected chi connectivity index (χ0v) is 21.0. The minimum atomic E-state index is 0. The third-order valence-electron chi connectivity index (χ3n) is 5.12. The van der Waals surface area contributed by atoms with Crippen molar-refractivity contribution in [3.05, 3.63) is 51.0 Å². The Labute approximate surface area is 196 Å². The number of aryl methyl sites for hydroxylation is 4. The lowest BCUT2D eigenvalue weighted by Crippen LogP contribution is -2.48. The second-order valence-electron chi connectivity index (χ2n) is 7.48. The van der Waals surface area contributed by atoms with Gasteiger partial charge in [0.2, 0.25) is 0 Å². The maximum Gasteiger partial charge on any atom is 0.193 e. The van der Waals surface area contributed by atoms with Gasteiger partial charge >= 0.3 is 0 Å². The fourth-order valence-corrected chi connectivity index (χ4v) is 4.49. The third-order valence-corrected chi connectivity index (χ3v) is 6.14. The van der Waals surface area contributed by atoms with Crippen molar-refractivity contribution in [2.75, 3.05) is 33.3 Å². The molecule has 1 aromatic heterocycles. The quantitative estimate of drug-likeness (QED) is 0.257. The summed E-state index contributed by atoms with van der Waals surface area (Å²) in [6.07, 6.45) is 3.42. The summed E-state index contributed by atoms with van der Waals surface area (Å²) in [4.78, 5) is 11.4. The number of morpholine rings is 1. The number of ether oxygens (including phenoxy) is 1. The molecule has 0 amide bonds. The van der Waals surface area contributed by atoms with Crippen molar-refractivity contribution in [2.45, 2.75) is 46.1 Å². The Bertz CT molecular complexity index is 808. The predicted molar refractivity (Wildman–Crippen MR) is 133 cm³/mol. The Kier molecular flexibility index (Phi) is 9.85. The molecule has 0 radical (unpaired) electrons. The van der Waals surface area contributed by atoms with E-state index in [9.17, 15) is 0 Å². The van der Waals surface area contributed by atoms with E-state index in [1.54, 1.807) is 11.3 Å². The summed E-state index contributed by atoms with van der Waals surface area (Å²) in [5.74, 6) is 0.975. The average Bonchev–Trinajstić information content (AvgIpc) is 3.10. The fraction of sp³-hybridized carbons (Fsp3) is 0.545. The van der Waals surface area contributed by atoms with Gasteiger partial charge in [0.05, 0.1) is 18.2 Å². The van der Waals surface area contributed by atoms with E-state index >= 15 is 0 Å². The van der Waals surface area contributed by atoms with Gasteiger partial charge in [0.1, 0.15) is 6.10 Å². The fourth-order valence-electron chi connectivity index (χ4n) is 3.67. The standard InChI is InChI=1S/C22H32N4OS.HI/c1-16-8-9-19(17(2)13-16)20-14-26(11-12-27-20)22(23-4)24-10-6-5-7-21-25-18(3)15-28-21;/h8-9,13,15,20H,5-7,10-12,14H2,1-4H3,(H,23,24);1H. The summed E-state index contributed by atoms with van der Waals surface area (Å²) in [6.45, 7) is 9.72. The Morgan fingerprint density at radius 2 is 2.14 bits per heavy atom. The molecule has 0 aliphatic carbocycles. The lowest BCUT2D eigenvalue weighted by molar-refractivity contribution is -0.00831. The van der Waals surface area contributed by atoms with Crippen LogP contribution in [0.25, 0.3) is 0 Å². The molecule has 3 rings (SSSR count). The number of nitrogens with zero attached hydrogens (tertiary/aromatic N) is 3. The van der Waals surface area contributed by atoms with Crippen LogP contribution in [0.5, 0.6) is 0 Å². The molecule has 0 spiro atoms. The van der Waals surface area contributed by atoms with E-state index in [-0.39, 0.29) is 30.1 Å². The van der Waals surface area contributed by atoms with E-state index in [0.29, 0.717) is 0 Å². The van der Waals surface area contributed by atoms with Crippen molar-refractivity contribution in [3.63, 3.8) is 0 Å². The van der Waals surface area contributed by atoms with Crippen LogP contribution in [0.2, 0.25) is 0 Å². The van der Waals surface area contributed by atoms with Crippen LogP contribution in [-0.4, -0.2) is 49.1 Å². The number of unbranched alkanes of at least 4 members (excludes halogenated alkanes) is 1. The summed E-state index contributed by atoms with van der Waals surface area (Å²) in [6, 6.07) is 6.60. The van der Waals surface area contributed by atoms with Crippen LogP contribution in [0, 0.1) is 20.8 Å². The maximum atomic E-state index is 6.07. The van der Waals surface area contributed by atoms with E-state index in [0.717, 1.165) is 57.2 Å². The molecule has 1 fully saturated rings. The number of thiazole rings is 1. The number of aliphatic imine (C=N–C) groups is 1. The zero-order chi connectivity index (χ0) is 19.9. The number of rotatable bonds is 6. The first-order valence-electron chi connectivity index (χ1n) is 10.1. The second-order valence-corrected chi connectivity index (χ2v) is 8.42. The molecule has 7 heteroatoms. The predicted octanol–water partition coefficient (Wildman–Crippen LogP) is 4.66. The number of hydrogen-bond donors (Lipinski definition) is 1. The maximum absolute atomic E-state index is 6.07. The molecule has 1 unspecified atom stereocenters. The van der Waals surface area contributed by atoms with Gasteiger partial charge in [0.15, 0.2) is 5.96 Å². The Morgan fingerprint density at radius 1 is 1.31 bits per heavy atom. The van der Waals surface area contributed by atoms with Gasteiger partial charge < -0.3 is 15.0 Å². The van der Waals surface area contributed by atoms with Crippen LogP contribution in [-0.2, 0) is 11.2 Å². The van der Waals surface area contributed by atoms with Crippen LogP contribution < -0.4 is 5.32 Å². The molecule has 1 aliphatic heterocycles. The normalized spacial score (nSPS) is 17.2. The van der Waals surface area contributed by atoms with Crippen LogP contribution in [0.3, 0.4) is 0 Å². The molecule has 1 saturated heterocycles.